The third-order valence-corrected chi connectivity index (χ3v) is 5.08. The van der Waals surface area contributed by atoms with Gasteiger partial charge in [0.2, 0.25) is 5.91 Å². The van der Waals surface area contributed by atoms with Crippen molar-refractivity contribution in [1.29, 1.82) is 0 Å². The van der Waals surface area contributed by atoms with Gasteiger partial charge in [-0.15, -0.1) is 0 Å². The standard InChI is InChI=1S/C20H25B2F2N3O6/c23-16-7-4-12(9-15(16)22(32)33)11-27(8-2-1-3-18(25)19(26)28)20(29)13-5-6-14(21(30)31)17(24)10-13/h4-7,9-10,18,30-33H,1-3,8,11,25H2,(H2,26,28)/t18-/m0/s1. The number of carbonyl (C=O) groups excluding carboxylic acids is 2. The molecular formula is C20H25B2F2N3O6. The molecule has 0 fully saturated rings. The van der Waals surface area contributed by atoms with Crippen LogP contribution in [0.3, 0.4) is 0 Å². The molecule has 0 aliphatic rings. The van der Waals surface area contributed by atoms with E-state index in [0.29, 0.717) is 24.8 Å². The average Bonchev–Trinajstić information content (AvgIpc) is 2.75. The smallest absolute Gasteiger partial charge is 0.423 e. The topological polar surface area (TPSA) is 170 Å². The second-order valence-corrected chi connectivity index (χ2v) is 7.57. The van der Waals surface area contributed by atoms with Crippen molar-refractivity contribution in [3.05, 3.63) is 59.2 Å². The van der Waals surface area contributed by atoms with Gasteiger partial charge in [0, 0.05) is 29.6 Å². The third kappa shape index (κ3) is 7.34. The number of nitrogens with two attached hydrogens (primary N) is 2. The Bertz CT molecular complexity index is 996. The van der Waals surface area contributed by atoms with Gasteiger partial charge in [0.15, 0.2) is 0 Å². The maximum absolute atomic E-state index is 14.2. The predicted octanol–water partition coefficient (Wildman–Crippen LogP) is -2.05. The summed E-state index contributed by atoms with van der Waals surface area (Å²) < 4.78 is 27.9. The molecule has 0 aliphatic carbocycles. The molecule has 0 aliphatic heterocycles. The fourth-order valence-corrected chi connectivity index (χ4v) is 3.22. The molecular weight excluding hydrogens is 438 g/mol. The van der Waals surface area contributed by atoms with Crippen LogP contribution in [0.4, 0.5) is 8.78 Å². The average molecular weight is 463 g/mol. The van der Waals surface area contributed by atoms with Crippen molar-refractivity contribution in [2.24, 2.45) is 11.5 Å². The molecule has 33 heavy (non-hydrogen) atoms. The molecule has 2 aromatic rings. The van der Waals surface area contributed by atoms with E-state index in [1.54, 1.807) is 0 Å². The fourth-order valence-electron chi connectivity index (χ4n) is 3.22. The Kier molecular flexibility index (Phi) is 9.50. The summed E-state index contributed by atoms with van der Waals surface area (Å²) in [6, 6.07) is 5.98. The summed E-state index contributed by atoms with van der Waals surface area (Å²) in [4.78, 5) is 25.5. The van der Waals surface area contributed by atoms with Crippen LogP contribution in [0.5, 0.6) is 0 Å². The Labute approximate surface area is 189 Å². The van der Waals surface area contributed by atoms with Gasteiger partial charge in [-0.05, 0) is 43.0 Å². The van der Waals surface area contributed by atoms with E-state index in [4.69, 9.17) is 21.5 Å². The molecule has 8 N–H and O–H groups in total. The Morgan fingerprint density at radius 2 is 1.61 bits per heavy atom. The Hall–Kier alpha value is -2.83. The maximum atomic E-state index is 14.2. The molecule has 1 atom stereocenters. The Morgan fingerprint density at radius 1 is 0.939 bits per heavy atom. The largest absolute Gasteiger partial charge is 0.491 e. The normalized spacial score (nSPS) is 11.7. The molecule has 0 saturated carbocycles. The van der Waals surface area contributed by atoms with E-state index < -0.39 is 49.2 Å². The molecule has 2 aromatic carbocycles. The molecule has 13 heteroatoms. The van der Waals surface area contributed by atoms with Crippen LogP contribution in [0.15, 0.2) is 36.4 Å². The van der Waals surface area contributed by atoms with E-state index in [0.717, 1.165) is 18.2 Å². The highest BCUT2D eigenvalue weighted by atomic mass is 19.1. The van der Waals surface area contributed by atoms with Gasteiger partial charge in [0.05, 0.1) is 6.04 Å². The summed E-state index contributed by atoms with van der Waals surface area (Å²) in [6.07, 6.45) is 1.17. The van der Waals surface area contributed by atoms with Crippen molar-refractivity contribution in [3.63, 3.8) is 0 Å². The summed E-state index contributed by atoms with van der Waals surface area (Å²) in [5.74, 6) is -3.04. The number of carbonyl (C=O) groups is 2. The number of hydrogen-bond acceptors (Lipinski definition) is 7. The molecule has 0 radical (unpaired) electrons. The zero-order valence-corrected chi connectivity index (χ0v) is 17.7. The summed E-state index contributed by atoms with van der Waals surface area (Å²) in [5.41, 5.74) is 10.3. The first-order valence-electron chi connectivity index (χ1n) is 10.2. The van der Waals surface area contributed by atoms with Gasteiger partial charge in [-0.1, -0.05) is 18.2 Å². The van der Waals surface area contributed by atoms with Crippen molar-refractivity contribution >= 4 is 37.0 Å². The monoisotopic (exact) mass is 463 g/mol. The van der Waals surface area contributed by atoms with Gasteiger partial charge in [0.1, 0.15) is 11.6 Å². The van der Waals surface area contributed by atoms with Crippen molar-refractivity contribution in [3.8, 4) is 0 Å². The highest BCUT2D eigenvalue weighted by Crippen LogP contribution is 2.14. The second-order valence-electron chi connectivity index (χ2n) is 7.57. The van der Waals surface area contributed by atoms with Crippen LogP contribution in [-0.2, 0) is 11.3 Å². The van der Waals surface area contributed by atoms with E-state index in [1.807, 2.05) is 0 Å². The SMILES string of the molecule is NC(=O)[C@@H](N)CCCCN(Cc1ccc(F)c(B(O)O)c1)C(=O)c1ccc(B(O)O)c(F)c1. The predicted molar refractivity (Wildman–Crippen MR) is 118 cm³/mol. The number of benzene rings is 2. The summed E-state index contributed by atoms with van der Waals surface area (Å²) in [6.45, 7) is 0.0946. The minimum absolute atomic E-state index is 0.0599. The quantitative estimate of drug-likeness (QED) is 0.165. The van der Waals surface area contributed by atoms with Crippen molar-refractivity contribution < 1.29 is 38.5 Å². The van der Waals surface area contributed by atoms with Crippen LogP contribution in [-0.4, -0.2) is 63.6 Å². The molecule has 0 unspecified atom stereocenters. The zero-order valence-electron chi connectivity index (χ0n) is 17.7. The van der Waals surface area contributed by atoms with Gasteiger partial charge >= 0.3 is 14.2 Å². The summed E-state index contributed by atoms with van der Waals surface area (Å²) >= 11 is 0. The van der Waals surface area contributed by atoms with Crippen LogP contribution in [0.25, 0.3) is 0 Å². The highest BCUT2D eigenvalue weighted by Gasteiger charge is 2.23. The summed E-state index contributed by atoms with van der Waals surface area (Å²) in [5, 5.41) is 37.0. The van der Waals surface area contributed by atoms with Gasteiger partial charge in [0.25, 0.3) is 5.91 Å². The van der Waals surface area contributed by atoms with Gasteiger partial charge < -0.3 is 36.5 Å². The molecule has 2 rings (SSSR count). The Morgan fingerprint density at radius 3 is 2.18 bits per heavy atom. The molecule has 0 saturated heterocycles. The second kappa shape index (κ2) is 11.9. The van der Waals surface area contributed by atoms with Crippen LogP contribution < -0.4 is 22.4 Å². The molecule has 0 heterocycles. The van der Waals surface area contributed by atoms with Crippen LogP contribution >= 0.6 is 0 Å². The molecule has 0 aromatic heterocycles. The Balaban J connectivity index is 2.24. The number of hydrogen-bond donors (Lipinski definition) is 6. The van der Waals surface area contributed by atoms with E-state index in [1.165, 1.54) is 23.1 Å². The number of rotatable bonds is 11. The van der Waals surface area contributed by atoms with Crippen molar-refractivity contribution in [2.75, 3.05) is 6.54 Å². The number of primary amides is 1. The minimum atomic E-state index is -2.05. The van der Waals surface area contributed by atoms with Gasteiger partial charge in [-0.25, -0.2) is 8.78 Å². The van der Waals surface area contributed by atoms with E-state index >= 15 is 0 Å². The molecule has 9 nitrogen and oxygen atoms in total. The lowest BCUT2D eigenvalue weighted by Gasteiger charge is -2.24. The molecule has 2 amide bonds. The van der Waals surface area contributed by atoms with E-state index in [9.17, 15) is 28.4 Å². The maximum Gasteiger partial charge on any atom is 0.491 e. The first kappa shape index (κ1) is 26.4. The number of unbranched alkanes of at least 4 members (excludes halogenated alkanes) is 1. The molecule has 0 spiro atoms. The van der Waals surface area contributed by atoms with E-state index in [2.05, 4.69) is 0 Å². The van der Waals surface area contributed by atoms with Gasteiger partial charge in [-0.3, -0.25) is 9.59 Å². The number of amides is 2. The van der Waals surface area contributed by atoms with Crippen LogP contribution in [0, 0.1) is 11.6 Å². The lowest BCUT2D eigenvalue weighted by molar-refractivity contribution is -0.119. The fraction of sp³-hybridized carbons (Fsp3) is 0.300. The van der Waals surface area contributed by atoms with Crippen molar-refractivity contribution in [1.82, 2.24) is 4.90 Å². The lowest BCUT2D eigenvalue weighted by atomic mass is 9.79. The third-order valence-electron chi connectivity index (χ3n) is 5.08. The first-order chi connectivity index (χ1) is 15.5. The lowest BCUT2D eigenvalue weighted by Crippen LogP contribution is -2.37. The highest BCUT2D eigenvalue weighted by molar-refractivity contribution is 6.59. The van der Waals surface area contributed by atoms with E-state index in [-0.39, 0.29) is 24.1 Å². The molecule has 0 bridgehead atoms. The van der Waals surface area contributed by atoms with Gasteiger partial charge in [-0.2, -0.15) is 0 Å². The van der Waals surface area contributed by atoms with Crippen LogP contribution in [0.1, 0.15) is 35.2 Å². The van der Waals surface area contributed by atoms with Crippen molar-refractivity contribution in [2.45, 2.75) is 31.8 Å². The summed E-state index contributed by atoms with van der Waals surface area (Å²) in [7, 11) is -4.08. The van der Waals surface area contributed by atoms with Crippen LogP contribution in [0.2, 0.25) is 0 Å². The minimum Gasteiger partial charge on any atom is -0.423 e. The molecule has 176 valence electrons. The number of nitrogens with zero attached hydrogens (tertiary/aromatic N) is 1. The first-order valence-corrected chi connectivity index (χ1v) is 10.2. The zero-order chi connectivity index (χ0) is 24.7. The number of halogens is 2.